The third kappa shape index (κ3) is 4.83. The fraction of sp³-hybridized carbons (Fsp3) is 0.120. The number of benzene rings is 2. The van der Waals surface area contributed by atoms with E-state index in [1.807, 2.05) is 0 Å². The Bertz CT molecular complexity index is 1570. The van der Waals surface area contributed by atoms with Gasteiger partial charge in [0.25, 0.3) is 0 Å². The lowest BCUT2D eigenvalue weighted by atomic mass is 9.97. The topological polar surface area (TPSA) is 88.8 Å². The maximum absolute atomic E-state index is 13.7. The van der Waals surface area contributed by atoms with Gasteiger partial charge in [0.05, 0.1) is 44.2 Å². The molecule has 1 aliphatic carbocycles. The van der Waals surface area contributed by atoms with Gasteiger partial charge in [0, 0.05) is 28.7 Å². The van der Waals surface area contributed by atoms with E-state index in [1.165, 1.54) is 42.0 Å². The van der Waals surface area contributed by atoms with Crippen LogP contribution in [0.25, 0.3) is 5.70 Å². The molecule has 1 aliphatic rings. The van der Waals surface area contributed by atoms with Crippen molar-refractivity contribution in [1.29, 1.82) is 0 Å². The quantitative estimate of drug-likeness (QED) is 0.271. The standard InChI is InChI=1S/C25H15Cl6NO5/c1-9-3-18(33)13(26)4-10(9)23(35)12-6-15(28)21(30)22(12)32-17(7-16(29)25(32)31)24(36)11-5-14(27)19(34)8-20(11)37-2/h3-5,7-8,33-34H,6H2,1-2H3. The van der Waals surface area contributed by atoms with Crippen LogP contribution in [0.1, 0.15) is 38.4 Å². The number of hydrogen-bond donors (Lipinski definition) is 2. The number of aromatic hydroxyl groups is 2. The SMILES string of the molecule is COc1cc(O)c(Cl)cc1C(=O)c1cc(Cl)c(Cl)n1C1=C(C(=O)c2cc(Cl)c(O)cc2C)CC(Cl)=C1Cl. The first-order valence-corrected chi connectivity index (χ1v) is 12.6. The highest BCUT2D eigenvalue weighted by Crippen LogP contribution is 2.46. The van der Waals surface area contributed by atoms with Crippen molar-refractivity contribution in [1.82, 2.24) is 4.57 Å². The maximum Gasteiger partial charge on any atom is 0.213 e. The van der Waals surface area contributed by atoms with E-state index in [1.54, 1.807) is 6.92 Å². The highest BCUT2D eigenvalue weighted by Gasteiger charge is 2.34. The van der Waals surface area contributed by atoms with Crippen molar-refractivity contribution in [3.05, 3.63) is 88.6 Å². The number of Topliss-reactive ketones (excluding diaryl/α,β-unsaturated/α-hetero) is 1. The second kappa shape index (κ2) is 10.4. The van der Waals surface area contributed by atoms with Gasteiger partial charge in [0.2, 0.25) is 5.78 Å². The third-order valence-electron chi connectivity index (χ3n) is 5.74. The summed E-state index contributed by atoms with van der Waals surface area (Å²) in [7, 11) is 1.32. The largest absolute Gasteiger partial charge is 0.506 e. The highest BCUT2D eigenvalue weighted by molar-refractivity contribution is 6.47. The number of halogens is 6. The van der Waals surface area contributed by atoms with Gasteiger partial charge >= 0.3 is 0 Å². The number of phenolic OH excluding ortho intramolecular Hbond substituents is 2. The van der Waals surface area contributed by atoms with Crippen LogP contribution in [0.15, 0.2) is 46.0 Å². The van der Waals surface area contributed by atoms with Gasteiger partial charge in [0.15, 0.2) is 5.78 Å². The molecule has 6 nitrogen and oxygen atoms in total. The monoisotopic (exact) mass is 619 g/mol. The fourth-order valence-electron chi connectivity index (χ4n) is 3.94. The van der Waals surface area contributed by atoms with Gasteiger partial charge in [-0.2, -0.15) is 0 Å². The molecule has 4 rings (SSSR count). The van der Waals surface area contributed by atoms with Crippen LogP contribution in [0, 0.1) is 6.92 Å². The Labute approximate surface area is 241 Å². The van der Waals surface area contributed by atoms with E-state index in [4.69, 9.17) is 74.3 Å². The fourth-order valence-corrected chi connectivity index (χ4v) is 5.18. The first-order valence-electron chi connectivity index (χ1n) is 10.4. The average molecular weight is 622 g/mol. The van der Waals surface area contributed by atoms with Gasteiger partial charge in [0.1, 0.15) is 22.4 Å². The van der Waals surface area contributed by atoms with Gasteiger partial charge < -0.3 is 14.9 Å². The smallest absolute Gasteiger partial charge is 0.213 e. The summed E-state index contributed by atoms with van der Waals surface area (Å²) in [6.45, 7) is 1.63. The number of rotatable bonds is 6. The maximum atomic E-state index is 13.7. The number of allylic oxidation sites excluding steroid dienone is 4. The summed E-state index contributed by atoms with van der Waals surface area (Å²) < 4.78 is 6.48. The van der Waals surface area contributed by atoms with Crippen LogP contribution in [-0.4, -0.2) is 33.5 Å². The van der Waals surface area contributed by atoms with E-state index in [9.17, 15) is 19.8 Å². The van der Waals surface area contributed by atoms with Crippen LogP contribution in [-0.2, 0) is 0 Å². The van der Waals surface area contributed by atoms with Crippen LogP contribution in [0.2, 0.25) is 20.2 Å². The second-order valence-corrected chi connectivity index (χ2v) is 10.4. The highest BCUT2D eigenvalue weighted by atomic mass is 35.5. The molecule has 0 aliphatic heterocycles. The molecule has 37 heavy (non-hydrogen) atoms. The second-order valence-electron chi connectivity index (χ2n) is 8.01. The molecule has 0 bridgehead atoms. The van der Waals surface area contributed by atoms with Crippen molar-refractivity contribution in [2.75, 3.05) is 7.11 Å². The molecule has 1 aromatic heterocycles. The van der Waals surface area contributed by atoms with E-state index in [0.29, 0.717) is 5.56 Å². The van der Waals surface area contributed by atoms with Crippen LogP contribution < -0.4 is 4.74 Å². The van der Waals surface area contributed by atoms with Gasteiger partial charge in [-0.3, -0.25) is 14.2 Å². The zero-order chi connectivity index (χ0) is 27.3. The average Bonchev–Trinajstić information content (AvgIpc) is 3.31. The Kier molecular flexibility index (Phi) is 7.82. The molecule has 0 unspecified atom stereocenters. The predicted octanol–water partition coefficient (Wildman–Crippen LogP) is 8.25. The molecular formula is C25H15Cl6NO5. The van der Waals surface area contributed by atoms with E-state index in [-0.39, 0.29) is 82.0 Å². The molecule has 192 valence electrons. The van der Waals surface area contributed by atoms with E-state index in [2.05, 4.69) is 0 Å². The van der Waals surface area contributed by atoms with Crippen LogP contribution in [0.4, 0.5) is 0 Å². The van der Waals surface area contributed by atoms with E-state index < -0.39 is 11.6 Å². The number of nitrogens with zero attached hydrogens (tertiary/aromatic N) is 1. The molecule has 0 spiro atoms. The number of ketones is 2. The third-order valence-corrected chi connectivity index (χ3v) is 7.93. The van der Waals surface area contributed by atoms with E-state index >= 15 is 0 Å². The molecule has 0 saturated heterocycles. The van der Waals surface area contributed by atoms with Crippen molar-refractivity contribution in [3.63, 3.8) is 0 Å². The molecule has 0 amide bonds. The van der Waals surface area contributed by atoms with Crippen molar-refractivity contribution >= 4 is 86.9 Å². The number of aryl methyl sites for hydroxylation is 1. The Balaban J connectivity index is 1.96. The molecule has 0 fully saturated rings. The van der Waals surface area contributed by atoms with Crippen molar-refractivity contribution < 1.29 is 24.5 Å². The predicted molar refractivity (Wildman–Crippen MR) is 146 cm³/mol. The minimum atomic E-state index is -0.636. The normalized spacial score (nSPS) is 13.5. The number of aromatic nitrogens is 1. The number of ether oxygens (including phenoxy) is 1. The van der Waals surface area contributed by atoms with Crippen LogP contribution in [0.5, 0.6) is 17.2 Å². The first kappa shape index (κ1) is 27.7. The van der Waals surface area contributed by atoms with Crippen molar-refractivity contribution in [2.24, 2.45) is 0 Å². The number of methoxy groups -OCH3 is 1. The molecule has 2 aromatic carbocycles. The zero-order valence-corrected chi connectivity index (χ0v) is 23.5. The van der Waals surface area contributed by atoms with E-state index in [0.717, 1.165) is 0 Å². The minimum Gasteiger partial charge on any atom is -0.506 e. The number of carbonyl (C=O) groups excluding carboxylic acids is 2. The summed E-state index contributed by atoms with van der Waals surface area (Å²) >= 11 is 37.9. The summed E-state index contributed by atoms with van der Waals surface area (Å²) in [4.78, 5) is 27.4. The Morgan fingerprint density at radius 2 is 1.43 bits per heavy atom. The number of carbonyl (C=O) groups is 2. The summed E-state index contributed by atoms with van der Waals surface area (Å²) in [5.74, 6) is -1.55. The summed E-state index contributed by atoms with van der Waals surface area (Å²) in [6, 6.07) is 6.42. The van der Waals surface area contributed by atoms with Gasteiger partial charge in [-0.25, -0.2) is 0 Å². The lowest BCUT2D eigenvalue weighted by Gasteiger charge is -2.16. The van der Waals surface area contributed by atoms with Gasteiger partial charge in [-0.05, 0) is 36.8 Å². The molecule has 0 saturated carbocycles. The molecule has 0 atom stereocenters. The number of hydrogen-bond acceptors (Lipinski definition) is 5. The summed E-state index contributed by atoms with van der Waals surface area (Å²) in [5, 5.41) is 19.8. The number of phenols is 2. The molecule has 0 radical (unpaired) electrons. The minimum absolute atomic E-state index is 0.00350. The van der Waals surface area contributed by atoms with Crippen LogP contribution >= 0.6 is 69.6 Å². The van der Waals surface area contributed by atoms with Crippen molar-refractivity contribution in [3.8, 4) is 17.2 Å². The lowest BCUT2D eigenvalue weighted by molar-refractivity contribution is 0.102. The summed E-state index contributed by atoms with van der Waals surface area (Å²) in [6.07, 6.45) is -0.0550. The summed E-state index contributed by atoms with van der Waals surface area (Å²) in [5.41, 5.74) is 0.759. The Morgan fingerprint density at radius 1 is 0.838 bits per heavy atom. The van der Waals surface area contributed by atoms with Gasteiger partial charge in [-0.15, -0.1) is 0 Å². The molecule has 1 heterocycles. The van der Waals surface area contributed by atoms with Crippen molar-refractivity contribution in [2.45, 2.75) is 13.3 Å². The van der Waals surface area contributed by atoms with Crippen LogP contribution in [0.3, 0.4) is 0 Å². The Morgan fingerprint density at radius 3 is 2.05 bits per heavy atom. The lowest BCUT2D eigenvalue weighted by Crippen LogP contribution is -2.14. The molecule has 2 N–H and O–H groups in total. The molecule has 12 heteroatoms. The first-order chi connectivity index (χ1) is 17.4. The molecular weight excluding hydrogens is 607 g/mol. The zero-order valence-electron chi connectivity index (χ0n) is 18.9. The van der Waals surface area contributed by atoms with Gasteiger partial charge in [-0.1, -0.05) is 69.6 Å². The molecule has 3 aromatic rings. The Hall–Kier alpha value is -2.32.